The molecule has 0 aliphatic rings. The Morgan fingerprint density at radius 2 is 1.95 bits per heavy atom. The lowest BCUT2D eigenvalue weighted by Gasteiger charge is -2.00. The fraction of sp³-hybridized carbons (Fsp3) is 0.133. The highest BCUT2D eigenvalue weighted by Gasteiger charge is 2.21. The zero-order valence-corrected chi connectivity index (χ0v) is 10.7. The van der Waals surface area contributed by atoms with Gasteiger partial charge in [0.1, 0.15) is 17.4 Å². The van der Waals surface area contributed by atoms with Crippen LogP contribution in [0.2, 0.25) is 0 Å². The van der Waals surface area contributed by atoms with Crippen molar-refractivity contribution in [2.45, 2.75) is 13.8 Å². The zero-order chi connectivity index (χ0) is 13.6. The van der Waals surface area contributed by atoms with Crippen molar-refractivity contribution >= 4 is 16.8 Å². The summed E-state index contributed by atoms with van der Waals surface area (Å²) in [6.07, 6.45) is 0. The van der Waals surface area contributed by atoms with Crippen LogP contribution in [0, 0.1) is 25.2 Å². The molecule has 0 aliphatic carbocycles. The second-order valence-electron chi connectivity index (χ2n) is 4.55. The molecular weight excluding hydrogens is 238 g/mol. The van der Waals surface area contributed by atoms with Gasteiger partial charge in [-0.25, -0.2) is 0 Å². The number of nitriles is 1. The van der Waals surface area contributed by atoms with Crippen LogP contribution in [0.25, 0.3) is 22.0 Å². The lowest BCUT2D eigenvalue weighted by Crippen LogP contribution is -1.87. The van der Waals surface area contributed by atoms with E-state index in [2.05, 4.69) is 11.1 Å². The number of aryl methyl sites for hydroxylation is 2. The Bertz CT molecular complexity index is 818. The lowest BCUT2D eigenvalue weighted by molar-refractivity contribution is 0.554. The number of fused-ring (bicyclic) bond motifs is 1. The number of H-pyrrole nitrogens is 1. The van der Waals surface area contributed by atoms with Crippen molar-refractivity contribution in [3.05, 3.63) is 41.3 Å². The summed E-state index contributed by atoms with van der Waals surface area (Å²) in [5, 5.41) is 10.3. The molecule has 4 nitrogen and oxygen atoms in total. The van der Waals surface area contributed by atoms with E-state index in [1.54, 1.807) is 0 Å². The maximum atomic E-state index is 9.27. The van der Waals surface area contributed by atoms with E-state index < -0.39 is 0 Å². The molecule has 2 aromatic heterocycles. The number of nitrogen functional groups attached to an aromatic ring is 1. The van der Waals surface area contributed by atoms with Crippen molar-refractivity contribution in [2.24, 2.45) is 0 Å². The third kappa shape index (κ3) is 1.52. The molecule has 3 rings (SSSR count). The van der Waals surface area contributed by atoms with Crippen LogP contribution in [-0.4, -0.2) is 4.98 Å². The number of anilines is 1. The van der Waals surface area contributed by atoms with Crippen molar-refractivity contribution < 1.29 is 4.42 Å². The van der Waals surface area contributed by atoms with Crippen molar-refractivity contribution in [2.75, 3.05) is 5.73 Å². The first-order valence-electron chi connectivity index (χ1n) is 6.00. The van der Waals surface area contributed by atoms with Gasteiger partial charge < -0.3 is 15.1 Å². The Morgan fingerprint density at radius 3 is 2.68 bits per heavy atom. The minimum atomic E-state index is 0.180. The molecular formula is C15H13N3O. The van der Waals surface area contributed by atoms with Gasteiger partial charge in [-0.05, 0) is 19.9 Å². The van der Waals surface area contributed by atoms with Gasteiger partial charge in [0.05, 0.1) is 0 Å². The number of nitrogens with zero attached hydrogens (tertiary/aromatic N) is 1. The molecule has 0 unspecified atom stereocenters. The quantitative estimate of drug-likeness (QED) is 0.694. The van der Waals surface area contributed by atoms with E-state index in [1.165, 1.54) is 0 Å². The highest BCUT2D eigenvalue weighted by molar-refractivity contribution is 6.00. The maximum absolute atomic E-state index is 9.27. The van der Waals surface area contributed by atoms with E-state index in [0.717, 1.165) is 27.7 Å². The third-order valence-corrected chi connectivity index (χ3v) is 3.37. The van der Waals surface area contributed by atoms with E-state index in [4.69, 9.17) is 10.2 Å². The molecule has 19 heavy (non-hydrogen) atoms. The lowest BCUT2D eigenvalue weighted by atomic mass is 9.99. The predicted octanol–water partition coefficient (Wildman–Crippen LogP) is 3.50. The van der Waals surface area contributed by atoms with Gasteiger partial charge in [-0.15, -0.1) is 0 Å². The standard InChI is InChI=1S/C15H13N3O/c1-8-13(10-5-3-4-6-12(10)18-8)14-9(2)19-15(17)11(14)7-16/h3-6,18H,17H2,1-2H3. The van der Waals surface area contributed by atoms with Gasteiger partial charge in [-0.1, -0.05) is 18.2 Å². The molecule has 0 aliphatic heterocycles. The first kappa shape index (κ1) is 11.4. The Hall–Kier alpha value is -2.67. The summed E-state index contributed by atoms with van der Waals surface area (Å²) in [6.45, 7) is 3.81. The van der Waals surface area contributed by atoms with Crippen LogP contribution in [0.4, 0.5) is 5.88 Å². The molecule has 0 radical (unpaired) electrons. The van der Waals surface area contributed by atoms with Crippen molar-refractivity contribution in [1.82, 2.24) is 4.98 Å². The van der Waals surface area contributed by atoms with Gasteiger partial charge in [-0.2, -0.15) is 5.26 Å². The first-order valence-corrected chi connectivity index (χ1v) is 6.00. The number of furan rings is 1. The smallest absolute Gasteiger partial charge is 0.209 e. The van der Waals surface area contributed by atoms with Gasteiger partial charge in [0.15, 0.2) is 0 Å². The van der Waals surface area contributed by atoms with E-state index in [0.29, 0.717) is 11.3 Å². The summed E-state index contributed by atoms with van der Waals surface area (Å²) in [4.78, 5) is 3.32. The number of hydrogen-bond acceptors (Lipinski definition) is 3. The van der Waals surface area contributed by atoms with Crippen molar-refractivity contribution in [3.8, 4) is 17.2 Å². The Balaban J connectivity index is 2.44. The number of rotatable bonds is 1. The molecule has 0 atom stereocenters. The molecule has 0 saturated heterocycles. The molecule has 2 heterocycles. The SMILES string of the molecule is Cc1[nH]c2ccccc2c1-c1c(C)oc(N)c1C#N. The Morgan fingerprint density at radius 1 is 1.21 bits per heavy atom. The van der Waals surface area contributed by atoms with Gasteiger partial charge >= 0.3 is 0 Å². The van der Waals surface area contributed by atoms with E-state index in [-0.39, 0.29) is 5.88 Å². The molecule has 94 valence electrons. The Labute approximate surface area is 110 Å². The van der Waals surface area contributed by atoms with Crippen LogP contribution in [-0.2, 0) is 0 Å². The maximum Gasteiger partial charge on any atom is 0.209 e. The third-order valence-electron chi connectivity index (χ3n) is 3.37. The molecule has 3 N–H and O–H groups in total. The fourth-order valence-electron chi connectivity index (χ4n) is 2.58. The van der Waals surface area contributed by atoms with Crippen molar-refractivity contribution in [1.29, 1.82) is 5.26 Å². The summed E-state index contributed by atoms with van der Waals surface area (Å²) in [6, 6.07) is 10.1. The predicted molar refractivity (Wildman–Crippen MR) is 74.6 cm³/mol. The number of nitrogens with two attached hydrogens (primary N) is 1. The van der Waals surface area contributed by atoms with Crippen molar-refractivity contribution in [3.63, 3.8) is 0 Å². The normalized spacial score (nSPS) is 10.8. The molecule has 3 aromatic rings. The second kappa shape index (κ2) is 3.92. The average molecular weight is 251 g/mol. The van der Waals surface area contributed by atoms with Gasteiger partial charge in [-0.3, -0.25) is 0 Å². The summed E-state index contributed by atoms with van der Waals surface area (Å²) in [5.41, 5.74) is 9.98. The van der Waals surface area contributed by atoms with Gasteiger partial charge in [0, 0.05) is 27.7 Å². The summed E-state index contributed by atoms with van der Waals surface area (Å²) < 4.78 is 5.41. The highest BCUT2D eigenvalue weighted by Crippen LogP contribution is 2.39. The fourth-order valence-corrected chi connectivity index (χ4v) is 2.58. The van der Waals surface area contributed by atoms with E-state index in [1.807, 2.05) is 38.1 Å². The molecule has 0 saturated carbocycles. The molecule has 0 amide bonds. The number of aromatic amines is 1. The van der Waals surface area contributed by atoms with E-state index in [9.17, 15) is 5.26 Å². The summed E-state index contributed by atoms with van der Waals surface area (Å²) in [7, 11) is 0. The van der Waals surface area contributed by atoms with Crippen LogP contribution in [0.5, 0.6) is 0 Å². The monoisotopic (exact) mass is 251 g/mol. The number of nitrogens with one attached hydrogen (secondary N) is 1. The molecule has 0 spiro atoms. The number of benzene rings is 1. The molecule has 4 heteroatoms. The number of hydrogen-bond donors (Lipinski definition) is 2. The van der Waals surface area contributed by atoms with Crippen LogP contribution in [0.1, 0.15) is 17.0 Å². The van der Waals surface area contributed by atoms with E-state index >= 15 is 0 Å². The summed E-state index contributed by atoms with van der Waals surface area (Å²) >= 11 is 0. The minimum absolute atomic E-state index is 0.180. The number of para-hydroxylation sites is 1. The van der Waals surface area contributed by atoms with Crippen LogP contribution >= 0.6 is 0 Å². The average Bonchev–Trinajstić information content (AvgIpc) is 2.84. The van der Waals surface area contributed by atoms with Gasteiger partial charge in [0.25, 0.3) is 0 Å². The van der Waals surface area contributed by atoms with Gasteiger partial charge in [0.2, 0.25) is 5.88 Å². The number of aromatic nitrogens is 1. The molecule has 0 fully saturated rings. The topological polar surface area (TPSA) is 78.7 Å². The Kier molecular flexibility index (Phi) is 2.36. The van der Waals surface area contributed by atoms with Crippen LogP contribution in [0.15, 0.2) is 28.7 Å². The van der Waals surface area contributed by atoms with Crippen LogP contribution in [0.3, 0.4) is 0 Å². The van der Waals surface area contributed by atoms with Crippen LogP contribution < -0.4 is 5.73 Å². The molecule has 0 bridgehead atoms. The summed E-state index contributed by atoms with van der Waals surface area (Å²) in [5.74, 6) is 0.849. The molecule has 1 aromatic carbocycles. The largest absolute Gasteiger partial charge is 0.444 e. The first-order chi connectivity index (χ1) is 9.13. The minimum Gasteiger partial charge on any atom is -0.444 e. The second-order valence-corrected chi connectivity index (χ2v) is 4.55. The highest BCUT2D eigenvalue weighted by atomic mass is 16.4. The zero-order valence-electron chi connectivity index (χ0n) is 10.7.